The molecule has 0 amide bonds. The Bertz CT molecular complexity index is 625. The fourth-order valence-electron chi connectivity index (χ4n) is 1.81. The first-order chi connectivity index (χ1) is 9.50. The lowest BCUT2D eigenvalue weighted by Gasteiger charge is -2.13. The van der Waals surface area contributed by atoms with Crippen LogP contribution in [0.15, 0.2) is 48.5 Å². The predicted molar refractivity (Wildman–Crippen MR) is 69.9 cm³/mol. The molecule has 20 heavy (non-hydrogen) atoms. The highest BCUT2D eigenvalue weighted by Gasteiger charge is 2.32. The van der Waals surface area contributed by atoms with Gasteiger partial charge in [-0.05, 0) is 35.9 Å². The van der Waals surface area contributed by atoms with Gasteiger partial charge in [-0.2, -0.15) is 18.4 Å². The fraction of sp³-hybridized carbons (Fsp3) is 0.133. The van der Waals surface area contributed by atoms with Crippen LogP contribution in [0.5, 0.6) is 0 Å². The third kappa shape index (κ3) is 3.29. The van der Waals surface area contributed by atoms with E-state index in [4.69, 9.17) is 5.26 Å². The lowest BCUT2D eigenvalue weighted by molar-refractivity contribution is -0.138. The van der Waals surface area contributed by atoms with Crippen molar-refractivity contribution in [1.29, 1.82) is 5.26 Å². The van der Waals surface area contributed by atoms with Gasteiger partial charge in [0.1, 0.15) is 0 Å². The quantitative estimate of drug-likeness (QED) is 0.912. The van der Waals surface area contributed by atoms with Crippen LogP contribution in [0.25, 0.3) is 0 Å². The molecule has 0 aliphatic heterocycles. The van der Waals surface area contributed by atoms with Crippen molar-refractivity contribution in [1.82, 2.24) is 0 Å². The number of anilines is 1. The Labute approximate surface area is 114 Å². The highest BCUT2D eigenvalue weighted by molar-refractivity contribution is 5.48. The van der Waals surface area contributed by atoms with Crippen LogP contribution in [-0.4, -0.2) is 0 Å². The molecule has 0 fully saturated rings. The van der Waals surface area contributed by atoms with Gasteiger partial charge in [-0.15, -0.1) is 0 Å². The number of benzene rings is 2. The first kappa shape index (κ1) is 13.9. The zero-order valence-electron chi connectivity index (χ0n) is 10.4. The molecule has 2 aromatic carbocycles. The van der Waals surface area contributed by atoms with Crippen LogP contribution in [0.1, 0.15) is 16.7 Å². The van der Waals surface area contributed by atoms with Crippen molar-refractivity contribution >= 4 is 5.69 Å². The van der Waals surface area contributed by atoms with Crippen molar-refractivity contribution < 1.29 is 13.2 Å². The molecule has 0 heterocycles. The Hall–Kier alpha value is -2.48. The third-order valence-electron chi connectivity index (χ3n) is 2.82. The summed E-state index contributed by atoms with van der Waals surface area (Å²) >= 11 is 0. The van der Waals surface area contributed by atoms with Crippen molar-refractivity contribution in [3.63, 3.8) is 0 Å². The molecule has 0 aromatic heterocycles. The second-order valence-electron chi connectivity index (χ2n) is 4.20. The van der Waals surface area contributed by atoms with Gasteiger partial charge in [0.05, 0.1) is 17.2 Å². The van der Waals surface area contributed by atoms with Gasteiger partial charge in [0.2, 0.25) is 0 Å². The van der Waals surface area contributed by atoms with Crippen LogP contribution in [0.3, 0.4) is 0 Å². The molecule has 0 aliphatic carbocycles. The van der Waals surface area contributed by atoms with E-state index in [0.29, 0.717) is 11.3 Å². The van der Waals surface area contributed by atoms with Gasteiger partial charge in [-0.1, -0.05) is 18.2 Å². The van der Waals surface area contributed by atoms with Crippen LogP contribution < -0.4 is 5.32 Å². The largest absolute Gasteiger partial charge is 0.416 e. The molecule has 0 spiro atoms. The van der Waals surface area contributed by atoms with Gasteiger partial charge >= 0.3 is 6.18 Å². The SMILES string of the molecule is N#Cc1ccc(NCc2ccccc2C(F)(F)F)cc1. The monoisotopic (exact) mass is 276 g/mol. The molecule has 0 unspecified atom stereocenters. The second-order valence-corrected chi connectivity index (χ2v) is 4.20. The molecular formula is C15H11F3N2. The zero-order chi connectivity index (χ0) is 14.6. The minimum atomic E-state index is -4.36. The van der Waals surface area contributed by atoms with Crippen molar-refractivity contribution in [2.24, 2.45) is 0 Å². The van der Waals surface area contributed by atoms with Crippen LogP contribution >= 0.6 is 0 Å². The number of nitriles is 1. The van der Waals surface area contributed by atoms with Gasteiger partial charge in [0, 0.05) is 12.2 Å². The lowest BCUT2D eigenvalue weighted by atomic mass is 10.1. The van der Waals surface area contributed by atoms with Crippen molar-refractivity contribution in [2.75, 3.05) is 5.32 Å². The lowest BCUT2D eigenvalue weighted by Crippen LogP contribution is -2.11. The van der Waals surface area contributed by atoms with Gasteiger partial charge in [-0.25, -0.2) is 0 Å². The maximum atomic E-state index is 12.8. The van der Waals surface area contributed by atoms with E-state index in [2.05, 4.69) is 5.32 Å². The first-order valence-electron chi connectivity index (χ1n) is 5.90. The molecule has 1 N–H and O–H groups in total. The number of nitrogens with one attached hydrogen (secondary N) is 1. The Kier molecular flexibility index (Phi) is 3.94. The van der Waals surface area contributed by atoms with Crippen LogP contribution in [0.2, 0.25) is 0 Å². The van der Waals surface area contributed by atoms with E-state index in [1.807, 2.05) is 6.07 Å². The molecule has 0 saturated heterocycles. The molecule has 0 saturated carbocycles. The molecule has 5 heteroatoms. The molecule has 0 atom stereocenters. The maximum absolute atomic E-state index is 12.8. The van der Waals surface area contributed by atoms with E-state index >= 15 is 0 Å². The minimum absolute atomic E-state index is 0.0710. The van der Waals surface area contributed by atoms with Crippen LogP contribution in [0, 0.1) is 11.3 Å². The van der Waals surface area contributed by atoms with E-state index in [1.165, 1.54) is 12.1 Å². The molecule has 2 nitrogen and oxygen atoms in total. The number of nitrogens with zero attached hydrogens (tertiary/aromatic N) is 1. The van der Waals surface area contributed by atoms with Crippen molar-refractivity contribution in [3.8, 4) is 6.07 Å². The molecule has 102 valence electrons. The summed E-state index contributed by atoms with van der Waals surface area (Å²) in [7, 11) is 0. The summed E-state index contributed by atoms with van der Waals surface area (Å²) in [5.41, 5.74) is 0.720. The summed E-state index contributed by atoms with van der Waals surface area (Å²) in [5.74, 6) is 0. The molecule has 0 bridgehead atoms. The Morgan fingerprint density at radius 1 is 1.00 bits per heavy atom. The van der Waals surface area contributed by atoms with Gasteiger partial charge < -0.3 is 5.32 Å². The van der Waals surface area contributed by atoms with Crippen molar-refractivity contribution in [2.45, 2.75) is 12.7 Å². The van der Waals surface area contributed by atoms with Gasteiger partial charge in [0.15, 0.2) is 0 Å². The van der Waals surface area contributed by atoms with Crippen LogP contribution in [0.4, 0.5) is 18.9 Å². The molecular weight excluding hydrogens is 265 g/mol. The summed E-state index contributed by atoms with van der Waals surface area (Å²) in [4.78, 5) is 0. The number of hydrogen-bond donors (Lipinski definition) is 1. The highest BCUT2D eigenvalue weighted by atomic mass is 19.4. The maximum Gasteiger partial charge on any atom is 0.416 e. The van der Waals surface area contributed by atoms with E-state index < -0.39 is 11.7 Å². The summed E-state index contributed by atoms with van der Waals surface area (Å²) < 4.78 is 38.4. The predicted octanol–water partition coefficient (Wildman–Crippen LogP) is 4.19. The standard InChI is InChI=1S/C15H11F3N2/c16-15(17,18)14-4-2-1-3-12(14)10-20-13-7-5-11(9-19)6-8-13/h1-8,20H,10H2. The molecule has 0 aliphatic rings. The molecule has 2 rings (SSSR count). The van der Waals surface area contributed by atoms with E-state index in [1.54, 1.807) is 30.3 Å². The highest BCUT2D eigenvalue weighted by Crippen LogP contribution is 2.32. The Morgan fingerprint density at radius 2 is 1.65 bits per heavy atom. The average Bonchev–Trinajstić information content (AvgIpc) is 2.45. The average molecular weight is 276 g/mol. The topological polar surface area (TPSA) is 35.8 Å². The Balaban J connectivity index is 2.13. The summed E-state index contributed by atoms with van der Waals surface area (Å²) in [6.07, 6.45) is -4.36. The summed E-state index contributed by atoms with van der Waals surface area (Å²) in [6, 6.07) is 14.0. The van der Waals surface area contributed by atoms with Gasteiger partial charge in [-0.3, -0.25) is 0 Å². The summed E-state index contributed by atoms with van der Waals surface area (Å²) in [5, 5.41) is 11.6. The number of halogens is 3. The number of hydrogen-bond acceptors (Lipinski definition) is 2. The van der Waals surface area contributed by atoms with E-state index in [-0.39, 0.29) is 12.1 Å². The molecule has 0 radical (unpaired) electrons. The second kappa shape index (κ2) is 5.66. The number of alkyl halides is 3. The van der Waals surface area contributed by atoms with Crippen molar-refractivity contribution in [3.05, 3.63) is 65.2 Å². The molecule has 2 aromatic rings. The van der Waals surface area contributed by atoms with Gasteiger partial charge in [0.25, 0.3) is 0 Å². The van der Waals surface area contributed by atoms with E-state index in [9.17, 15) is 13.2 Å². The van der Waals surface area contributed by atoms with E-state index in [0.717, 1.165) is 6.07 Å². The number of rotatable bonds is 3. The minimum Gasteiger partial charge on any atom is -0.381 e. The Morgan fingerprint density at radius 3 is 2.25 bits per heavy atom. The fourth-order valence-corrected chi connectivity index (χ4v) is 1.81. The van der Waals surface area contributed by atoms with Crippen LogP contribution in [-0.2, 0) is 12.7 Å². The zero-order valence-corrected chi connectivity index (χ0v) is 10.4. The summed E-state index contributed by atoms with van der Waals surface area (Å²) in [6.45, 7) is 0.0710. The first-order valence-corrected chi connectivity index (χ1v) is 5.90. The third-order valence-corrected chi connectivity index (χ3v) is 2.82. The normalized spacial score (nSPS) is 10.9. The smallest absolute Gasteiger partial charge is 0.381 e.